The Bertz CT molecular complexity index is 865. The minimum absolute atomic E-state index is 0.169. The number of phenolic OH excluding ortho intramolecular Hbond substituents is 1. The van der Waals surface area contributed by atoms with Crippen molar-refractivity contribution in [1.29, 1.82) is 0 Å². The number of rotatable bonds is 4. The van der Waals surface area contributed by atoms with Crippen LogP contribution in [0.25, 0.3) is 10.9 Å². The van der Waals surface area contributed by atoms with Crippen molar-refractivity contribution in [2.45, 2.75) is 0 Å². The van der Waals surface area contributed by atoms with Crippen LogP contribution in [0.3, 0.4) is 0 Å². The summed E-state index contributed by atoms with van der Waals surface area (Å²) in [5.41, 5.74) is 3.73. The van der Waals surface area contributed by atoms with E-state index in [0.717, 1.165) is 10.9 Å². The Labute approximate surface area is 131 Å². The molecule has 116 valence electrons. The first-order valence-electron chi connectivity index (χ1n) is 6.85. The summed E-state index contributed by atoms with van der Waals surface area (Å²) in [6, 6.07) is 15.8. The van der Waals surface area contributed by atoms with Crippen LogP contribution in [0.5, 0.6) is 5.75 Å². The summed E-state index contributed by atoms with van der Waals surface area (Å²) in [6.45, 7) is 0. The highest BCUT2D eigenvalue weighted by Gasteiger charge is 2.10. The Balaban J connectivity index is 1.79. The van der Waals surface area contributed by atoms with E-state index in [2.05, 4.69) is 15.5 Å². The van der Waals surface area contributed by atoms with E-state index in [0.29, 0.717) is 11.4 Å². The molecular formula is C16H14N4O3. The zero-order chi connectivity index (χ0) is 16.2. The van der Waals surface area contributed by atoms with Crippen LogP contribution in [0.2, 0.25) is 0 Å². The van der Waals surface area contributed by atoms with Crippen LogP contribution in [-0.2, 0) is 0 Å². The van der Waals surface area contributed by atoms with Gasteiger partial charge in [0.05, 0.1) is 11.7 Å². The van der Waals surface area contributed by atoms with Gasteiger partial charge in [0.15, 0.2) is 5.75 Å². The maximum Gasteiger partial charge on any atom is 0.206 e. The molecule has 1 atom stereocenters. The second kappa shape index (κ2) is 6.41. The number of quaternary nitrogens is 1. The lowest BCUT2D eigenvalue weighted by Crippen LogP contribution is -2.99. The molecule has 0 saturated carbocycles. The number of hydrazone groups is 1. The van der Waals surface area contributed by atoms with Gasteiger partial charge >= 0.3 is 0 Å². The van der Waals surface area contributed by atoms with Gasteiger partial charge in [-0.05, 0) is 24.3 Å². The van der Waals surface area contributed by atoms with E-state index in [1.54, 1.807) is 18.2 Å². The molecule has 0 fully saturated rings. The van der Waals surface area contributed by atoms with E-state index in [9.17, 15) is 10.3 Å². The molecule has 0 aliphatic carbocycles. The molecule has 3 aromatic rings. The molecule has 0 spiro atoms. The first-order valence-corrected chi connectivity index (χ1v) is 6.85. The Morgan fingerprint density at radius 1 is 1.09 bits per heavy atom. The van der Waals surface area contributed by atoms with Gasteiger partial charge in [-0.25, -0.2) is 10.2 Å². The van der Waals surface area contributed by atoms with Gasteiger partial charge in [-0.2, -0.15) is 10.3 Å². The van der Waals surface area contributed by atoms with Crippen molar-refractivity contribution < 1.29 is 15.5 Å². The molecule has 1 unspecified atom stereocenters. The van der Waals surface area contributed by atoms with Gasteiger partial charge < -0.3 is 10.3 Å². The molecule has 7 nitrogen and oxygen atoms in total. The molecule has 1 aromatic heterocycles. The smallest absolute Gasteiger partial charge is 0.206 e. The van der Waals surface area contributed by atoms with Crippen LogP contribution in [0.1, 0.15) is 5.56 Å². The third-order valence-corrected chi connectivity index (χ3v) is 3.28. The third-order valence-electron chi connectivity index (χ3n) is 3.28. The van der Waals surface area contributed by atoms with E-state index in [1.807, 2.05) is 30.3 Å². The number of aromatic nitrogens is 1. The van der Waals surface area contributed by atoms with Crippen LogP contribution in [0, 0.1) is 5.21 Å². The number of anilines is 1. The molecule has 0 saturated heterocycles. The fraction of sp³-hybridized carbons (Fsp3) is 0. The average Bonchev–Trinajstić information content (AvgIpc) is 2.56. The fourth-order valence-electron chi connectivity index (χ4n) is 2.13. The van der Waals surface area contributed by atoms with Crippen LogP contribution in [0.15, 0.2) is 59.7 Å². The van der Waals surface area contributed by atoms with Gasteiger partial charge in [0, 0.05) is 17.0 Å². The van der Waals surface area contributed by atoms with Crippen LogP contribution >= 0.6 is 0 Å². The maximum absolute atomic E-state index is 11.0. The zero-order valence-electron chi connectivity index (χ0n) is 12.0. The van der Waals surface area contributed by atoms with Crippen molar-refractivity contribution in [3.05, 3.63) is 65.4 Å². The summed E-state index contributed by atoms with van der Waals surface area (Å²) >= 11 is 0. The first-order chi connectivity index (χ1) is 11.1. The highest BCUT2D eigenvalue weighted by atomic mass is 16.8. The summed E-state index contributed by atoms with van der Waals surface area (Å²) in [4.78, 5) is 4.39. The fourth-order valence-corrected chi connectivity index (χ4v) is 2.13. The molecule has 23 heavy (non-hydrogen) atoms. The molecule has 3 rings (SSSR count). The summed E-state index contributed by atoms with van der Waals surface area (Å²) in [5, 5.41) is 33.6. The number of nitrogens with one attached hydrogen (secondary N) is 2. The lowest BCUT2D eigenvalue weighted by Gasteiger charge is -2.13. The molecule has 1 heterocycles. The number of pyridine rings is 1. The molecule has 7 heteroatoms. The summed E-state index contributed by atoms with van der Waals surface area (Å²) < 4.78 is 0. The molecule has 4 N–H and O–H groups in total. The van der Waals surface area contributed by atoms with E-state index in [-0.39, 0.29) is 11.4 Å². The van der Waals surface area contributed by atoms with E-state index in [1.165, 1.54) is 12.3 Å². The van der Waals surface area contributed by atoms with Crippen molar-refractivity contribution in [2.75, 3.05) is 5.43 Å². The number of phenols is 1. The monoisotopic (exact) mass is 310 g/mol. The summed E-state index contributed by atoms with van der Waals surface area (Å²) in [5.74, 6) is 0.228. The van der Waals surface area contributed by atoms with Gasteiger partial charge in [0.2, 0.25) is 5.69 Å². The van der Waals surface area contributed by atoms with Gasteiger partial charge in [0.25, 0.3) is 0 Å². The van der Waals surface area contributed by atoms with Gasteiger partial charge in [-0.3, -0.25) is 5.43 Å². The second-order valence-electron chi connectivity index (χ2n) is 4.81. The Kier molecular flexibility index (Phi) is 4.15. The predicted octanol–water partition coefficient (Wildman–Crippen LogP) is 1.79. The molecule has 2 aromatic carbocycles. The maximum atomic E-state index is 11.0. The Hall–Kier alpha value is -3.00. The third kappa shape index (κ3) is 3.27. The topological polar surface area (TPSA) is 105 Å². The van der Waals surface area contributed by atoms with Gasteiger partial charge in [-0.1, -0.05) is 24.3 Å². The molecule has 0 aliphatic rings. The minimum atomic E-state index is -1.19. The number of fused-ring (bicyclic) bond motifs is 1. The average molecular weight is 310 g/mol. The van der Waals surface area contributed by atoms with E-state index >= 15 is 0 Å². The lowest BCUT2D eigenvalue weighted by atomic mass is 10.2. The van der Waals surface area contributed by atoms with Crippen molar-refractivity contribution >= 4 is 28.6 Å². The number of para-hydroxylation sites is 2. The van der Waals surface area contributed by atoms with Gasteiger partial charge in [-0.15, -0.1) is 0 Å². The highest BCUT2D eigenvalue weighted by Crippen LogP contribution is 2.22. The summed E-state index contributed by atoms with van der Waals surface area (Å²) in [6.07, 6.45) is 1.35. The molecule has 0 bridgehead atoms. The largest absolute Gasteiger partial charge is 0.595 e. The van der Waals surface area contributed by atoms with Gasteiger partial charge in [0.1, 0.15) is 5.82 Å². The normalized spacial score (nSPS) is 12.6. The molecule has 0 aliphatic heterocycles. The Morgan fingerprint density at radius 2 is 1.91 bits per heavy atom. The lowest BCUT2D eigenvalue weighted by molar-refractivity contribution is -0.991. The zero-order valence-corrected chi connectivity index (χ0v) is 12.0. The van der Waals surface area contributed by atoms with Crippen LogP contribution < -0.4 is 10.7 Å². The number of hydrogen-bond acceptors (Lipinski definition) is 6. The number of benzene rings is 2. The first kappa shape index (κ1) is 14.9. The number of aromatic hydroxyl groups is 1. The van der Waals surface area contributed by atoms with Crippen molar-refractivity contribution in [2.24, 2.45) is 5.10 Å². The SMILES string of the molecule is [O-][NH+](O)c1cccc(/C=N/Nc2ccc3ccccc3n2)c1O. The Morgan fingerprint density at radius 3 is 2.74 bits per heavy atom. The quantitative estimate of drug-likeness (QED) is 0.334. The second-order valence-corrected chi connectivity index (χ2v) is 4.81. The number of nitrogens with zero attached hydrogens (tertiary/aromatic N) is 2. The van der Waals surface area contributed by atoms with Crippen molar-refractivity contribution in [1.82, 2.24) is 4.98 Å². The molecule has 0 amide bonds. The standard InChI is InChI=1S/C16H14N4O3/c21-16-12(5-3-7-14(16)20(22)23)10-17-19-15-9-8-11-4-1-2-6-13(11)18-15/h1-10,20-22H,(H,18,19)/b17-10+. The van der Waals surface area contributed by atoms with Crippen LogP contribution in [0.4, 0.5) is 11.5 Å². The molecule has 0 radical (unpaired) electrons. The highest BCUT2D eigenvalue weighted by molar-refractivity contribution is 5.86. The van der Waals surface area contributed by atoms with Crippen LogP contribution in [-0.4, -0.2) is 21.5 Å². The van der Waals surface area contributed by atoms with E-state index in [4.69, 9.17) is 5.21 Å². The molecular weight excluding hydrogens is 296 g/mol. The van der Waals surface area contributed by atoms with Crippen molar-refractivity contribution in [3.63, 3.8) is 0 Å². The number of hydrogen-bond donors (Lipinski definition) is 4. The summed E-state index contributed by atoms with van der Waals surface area (Å²) in [7, 11) is 0. The predicted molar refractivity (Wildman–Crippen MR) is 86.8 cm³/mol. The van der Waals surface area contributed by atoms with Crippen molar-refractivity contribution in [3.8, 4) is 5.75 Å². The minimum Gasteiger partial charge on any atom is -0.595 e. The van der Waals surface area contributed by atoms with E-state index < -0.39 is 5.23 Å².